The van der Waals surface area contributed by atoms with Crippen LogP contribution in [0.3, 0.4) is 0 Å². The van der Waals surface area contributed by atoms with Gasteiger partial charge in [-0.2, -0.15) is 0 Å². The highest BCUT2D eigenvalue weighted by molar-refractivity contribution is 6.42. The van der Waals surface area contributed by atoms with Gasteiger partial charge < -0.3 is 9.80 Å². The predicted octanol–water partition coefficient (Wildman–Crippen LogP) is 3.21. The Labute approximate surface area is 142 Å². The number of benzene rings is 2. The first-order chi connectivity index (χ1) is 10.6. The van der Waals surface area contributed by atoms with E-state index in [-0.39, 0.29) is 0 Å². The molecule has 0 bridgehead atoms. The van der Waals surface area contributed by atoms with Gasteiger partial charge in [-0.3, -0.25) is 0 Å². The molecule has 0 atom stereocenters. The average Bonchev–Trinajstić information content (AvgIpc) is 2.52. The second-order valence-corrected chi connectivity index (χ2v) is 6.76. The van der Waals surface area contributed by atoms with Gasteiger partial charge in [0.25, 0.3) is 0 Å². The van der Waals surface area contributed by atoms with Crippen molar-refractivity contribution < 1.29 is 4.90 Å². The van der Waals surface area contributed by atoms with Gasteiger partial charge in [0, 0.05) is 11.3 Å². The van der Waals surface area contributed by atoms with Crippen molar-refractivity contribution in [1.29, 1.82) is 0 Å². The molecule has 2 aromatic rings. The van der Waals surface area contributed by atoms with E-state index in [9.17, 15) is 0 Å². The number of hydrogen-bond acceptors (Lipinski definition) is 1. The molecule has 1 aliphatic heterocycles. The normalized spacial score (nSPS) is 16.0. The van der Waals surface area contributed by atoms with Gasteiger partial charge in [0.1, 0.15) is 6.54 Å². The maximum absolute atomic E-state index is 6.10. The highest BCUT2D eigenvalue weighted by Crippen LogP contribution is 2.22. The minimum absolute atomic E-state index is 0.629. The summed E-state index contributed by atoms with van der Waals surface area (Å²) in [5.41, 5.74) is 3.99. The van der Waals surface area contributed by atoms with E-state index in [0.29, 0.717) is 10.0 Å². The standard InChI is InChI=1S/C18H20Cl2N2/c1-14-4-2-3-5-18(14)22-10-8-21(9-11-22)13-15-6-7-16(19)17(20)12-15/h2-7,12H,8-11,13H2,1H3/p+1. The topological polar surface area (TPSA) is 7.68 Å². The number of quaternary nitrogens is 1. The third-order valence-corrected chi connectivity index (χ3v) is 5.10. The predicted molar refractivity (Wildman–Crippen MR) is 94.3 cm³/mol. The Bertz CT molecular complexity index is 649. The molecule has 1 N–H and O–H groups in total. The van der Waals surface area contributed by atoms with Crippen LogP contribution in [0.25, 0.3) is 0 Å². The lowest BCUT2D eigenvalue weighted by atomic mass is 10.1. The maximum atomic E-state index is 6.10. The largest absolute Gasteiger partial charge is 0.360 e. The van der Waals surface area contributed by atoms with E-state index < -0.39 is 0 Å². The van der Waals surface area contributed by atoms with E-state index in [2.05, 4.69) is 42.2 Å². The summed E-state index contributed by atoms with van der Waals surface area (Å²) in [7, 11) is 0. The zero-order valence-electron chi connectivity index (χ0n) is 12.8. The van der Waals surface area contributed by atoms with Crippen molar-refractivity contribution in [3.63, 3.8) is 0 Å². The molecule has 0 aliphatic carbocycles. The van der Waals surface area contributed by atoms with Crippen molar-refractivity contribution in [3.8, 4) is 0 Å². The van der Waals surface area contributed by atoms with E-state index in [1.807, 2.05) is 12.1 Å². The third-order valence-electron chi connectivity index (χ3n) is 4.36. The number of rotatable bonds is 3. The van der Waals surface area contributed by atoms with Gasteiger partial charge in [-0.15, -0.1) is 0 Å². The van der Waals surface area contributed by atoms with Gasteiger partial charge in [-0.25, -0.2) is 0 Å². The number of nitrogens with zero attached hydrogens (tertiary/aromatic N) is 1. The van der Waals surface area contributed by atoms with Crippen LogP contribution in [0.15, 0.2) is 42.5 Å². The second-order valence-electron chi connectivity index (χ2n) is 5.95. The molecule has 1 fully saturated rings. The minimum Gasteiger partial charge on any atom is -0.360 e. The van der Waals surface area contributed by atoms with E-state index in [1.165, 1.54) is 16.8 Å². The molecule has 0 radical (unpaired) electrons. The van der Waals surface area contributed by atoms with Crippen LogP contribution in [-0.2, 0) is 6.54 Å². The molecule has 4 heteroatoms. The zero-order valence-corrected chi connectivity index (χ0v) is 14.3. The summed E-state index contributed by atoms with van der Waals surface area (Å²) in [6, 6.07) is 14.6. The summed E-state index contributed by atoms with van der Waals surface area (Å²) in [4.78, 5) is 4.09. The SMILES string of the molecule is Cc1ccccc1N1CC[NH+](Cc2ccc(Cl)c(Cl)c2)CC1. The molecule has 2 aromatic carbocycles. The molecular weight excluding hydrogens is 315 g/mol. The van der Waals surface area contributed by atoms with Crippen LogP contribution in [0.5, 0.6) is 0 Å². The molecule has 116 valence electrons. The molecule has 22 heavy (non-hydrogen) atoms. The highest BCUT2D eigenvalue weighted by Gasteiger charge is 2.21. The van der Waals surface area contributed by atoms with Crippen molar-refractivity contribution >= 4 is 28.9 Å². The Balaban J connectivity index is 1.60. The van der Waals surface area contributed by atoms with Gasteiger partial charge in [-0.1, -0.05) is 47.5 Å². The summed E-state index contributed by atoms with van der Waals surface area (Å²) in [5, 5.41) is 1.28. The van der Waals surface area contributed by atoms with Crippen molar-refractivity contribution in [2.75, 3.05) is 31.1 Å². The van der Waals surface area contributed by atoms with E-state index in [1.54, 1.807) is 4.90 Å². The van der Waals surface area contributed by atoms with Crippen LogP contribution in [-0.4, -0.2) is 26.2 Å². The number of nitrogens with one attached hydrogen (secondary N) is 1. The summed E-state index contributed by atoms with van der Waals surface area (Å²) in [5.74, 6) is 0. The fraction of sp³-hybridized carbons (Fsp3) is 0.333. The number of aryl methyl sites for hydroxylation is 1. The third kappa shape index (κ3) is 3.57. The summed E-state index contributed by atoms with van der Waals surface area (Å²) < 4.78 is 0. The van der Waals surface area contributed by atoms with E-state index in [4.69, 9.17) is 23.2 Å². The van der Waals surface area contributed by atoms with Gasteiger partial charge in [-0.05, 0) is 30.7 Å². The smallest absolute Gasteiger partial charge is 0.103 e. The van der Waals surface area contributed by atoms with Crippen molar-refractivity contribution in [1.82, 2.24) is 0 Å². The molecule has 1 saturated heterocycles. The monoisotopic (exact) mass is 335 g/mol. The van der Waals surface area contributed by atoms with Gasteiger partial charge in [0.2, 0.25) is 0 Å². The van der Waals surface area contributed by atoms with Crippen LogP contribution in [0.2, 0.25) is 10.0 Å². The summed E-state index contributed by atoms with van der Waals surface area (Å²) >= 11 is 12.1. The molecular formula is C18H21Cl2N2+. The number of anilines is 1. The van der Waals surface area contributed by atoms with Crippen LogP contribution in [0.4, 0.5) is 5.69 Å². The van der Waals surface area contributed by atoms with Crippen LogP contribution < -0.4 is 9.80 Å². The van der Waals surface area contributed by atoms with Crippen molar-refractivity contribution in [2.24, 2.45) is 0 Å². The Morgan fingerprint density at radius 2 is 1.73 bits per heavy atom. The molecule has 1 aliphatic rings. The number of hydrogen-bond donors (Lipinski definition) is 1. The van der Waals surface area contributed by atoms with Crippen LogP contribution in [0.1, 0.15) is 11.1 Å². The van der Waals surface area contributed by atoms with Crippen LogP contribution >= 0.6 is 23.2 Å². The number of halogens is 2. The summed E-state index contributed by atoms with van der Waals surface area (Å²) in [6.07, 6.45) is 0. The Kier molecular flexibility index (Phi) is 4.92. The first-order valence-corrected chi connectivity index (χ1v) is 8.47. The molecule has 1 heterocycles. The molecule has 3 rings (SSSR count). The molecule has 0 unspecified atom stereocenters. The molecule has 0 aromatic heterocycles. The van der Waals surface area contributed by atoms with Crippen LogP contribution in [0, 0.1) is 6.92 Å². The van der Waals surface area contributed by atoms with E-state index in [0.717, 1.165) is 32.7 Å². The van der Waals surface area contributed by atoms with Gasteiger partial charge >= 0.3 is 0 Å². The zero-order chi connectivity index (χ0) is 15.5. The van der Waals surface area contributed by atoms with E-state index >= 15 is 0 Å². The van der Waals surface area contributed by atoms with Gasteiger partial charge in [0.05, 0.1) is 36.2 Å². The number of piperazine rings is 1. The van der Waals surface area contributed by atoms with Gasteiger partial charge in [0.15, 0.2) is 0 Å². The quantitative estimate of drug-likeness (QED) is 0.904. The summed E-state index contributed by atoms with van der Waals surface area (Å²) in [6.45, 7) is 7.69. The number of para-hydroxylation sites is 1. The first kappa shape index (κ1) is 15.7. The molecule has 2 nitrogen and oxygen atoms in total. The molecule has 0 amide bonds. The maximum Gasteiger partial charge on any atom is 0.103 e. The van der Waals surface area contributed by atoms with Crippen molar-refractivity contribution in [3.05, 3.63) is 63.6 Å². The Morgan fingerprint density at radius 3 is 2.41 bits per heavy atom. The second kappa shape index (κ2) is 6.91. The Hall–Kier alpha value is -1.22. The lowest BCUT2D eigenvalue weighted by molar-refractivity contribution is -0.914. The fourth-order valence-electron chi connectivity index (χ4n) is 3.10. The average molecular weight is 336 g/mol. The molecule has 0 saturated carbocycles. The highest BCUT2D eigenvalue weighted by atomic mass is 35.5. The fourth-order valence-corrected chi connectivity index (χ4v) is 3.42. The first-order valence-electron chi connectivity index (χ1n) is 7.71. The lowest BCUT2D eigenvalue weighted by Gasteiger charge is -2.34. The van der Waals surface area contributed by atoms with Crippen molar-refractivity contribution in [2.45, 2.75) is 13.5 Å². The molecule has 0 spiro atoms. The Morgan fingerprint density at radius 1 is 1.00 bits per heavy atom. The minimum atomic E-state index is 0.629. The lowest BCUT2D eigenvalue weighted by Crippen LogP contribution is -3.13.